The third-order valence-electron chi connectivity index (χ3n) is 3.46. The fourth-order valence-corrected chi connectivity index (χ4v) is 2.40. The zero-order valence-electron chi connectivity index (χ0n) is 12.5. The Morgan fingerprint density at radius 1 is 0.800 bits per heavy atom. The maximum absolute atomic E-state index is 5.33. The lowest BCUT2D eigenvalue weighted by Crippen LogP contribution is -1.94. The predicted octanol–water partition coefficient (Wildman–Crippen LogP) is 4.19. The summed E-state index contributed by atoms with van der Waals surface area (Å²) in [6.07, 6.45) is 3.29. The van der Waals surface area contributed by atoms with Crippen LogP contribution in [0.1, 0.15) is 23.1 Å². The fraction of sp³-hybridized carbons (Fsp3) is 0.333. The van der Waals surface area contributed by atoms with Crippen LogP contribution in [-0.4, -0.2) is 14.2 Å². The molecule has 2 rings (SSSR count). The van der Waals surface area contributed by atoms with Crippen LogP contribution < -0.4 is 9.47 Å². The fourth-order valence-electron chi connectivity index (χ4n) is 2.40. The molecule has 0 amide bonds. The molecule has 0 radical (unpaired) electrons. The Labute approximate surface area is 121 Å². The predicted molar refractivity (Wildman–Crippen MR) is 82.8 cm³/mol. The monoisotopic (exact) mass is 270 g/mol. The molecule has 0 spiro atoms. The van der Waals surface area contributed by atoms with Crippen molar-refractivity contribution in [3.63, 3.8) is 0 Å². The highest BCUT2D eigenvalue weighted by molar-refractivity contribution is 5.42. The number of hydrogen-bond donors (Lipinski definition) is 0. The lowest BCUT2D eigenvalue weighted by atomic mass is 10.0. The number of methoxy groups -OCH3 is 2. The van der Waals surface area contributed by atoms with E-state index in [2.05, 4.69) is 43.3 Å². The molecule has 0 fully saturated rings. The van der Waals surface area contributed by atoms with E-state index in [9.17, 15) is 0 Å². The summed E-state index contributed by atoms with van der Waals surface area (Å²) in [7, 11) is 3.34. The van der Waals surface area contributed by atoms with E-state index in [-0.39, 0.29) is 0 Å². The molecule has 0 bridgehead atoms. The number of hydrogen-bond acceptors (Lipinski definition) is 2. The van der Waals surface area contributed by atoms with Crippen molar-refractivity contribution in [1.29, 1.82) is 0 Å². The van der Waals surface area contributed by atoms with Gasteiger partial charge in [-0.1, -0.05) is 35.9 Å². The summed E-state index contributed by atoms with van der Waals surface area (Å²) in [5, 5.41) is 0. The highest BCUT2D eigenvalue weighted by Gasteiger charge is 2.04. The first-order valence-corrected chi connectivity index (χ1v) is 6.99. The van der Waals surface area contributed by atoms with E-state index in [1.54, 1.807) is 14.2 Å². The van der Waals surface area contributed by atoms with Gasteiger partial charge in [-0.05, 0) is 49.4 Å². The van der Waals surface area contributed by atoms with Crippen molar-refractivity contribution in [2.45, 2.75) is 26.2 Å². The van der Waals surface area contributed by atoms with Crippen LogP contribution in [-0.2, 0) is 12.8 Å². The summed E-state index contributed by atoms with van der Waals surface area (Å²) >= 11 is 0. The quantitative estimate of drug-likeness (QED) is 0.783. The van der Waals surface area contributed by atoms with E-state index >= 15 is 0 Å². The van der Waals surface area contributed by atoms with Crippen LogP contribution in [0.3, 0.4) is 0 Å². The van der Waals surface area contributed by atoms with Gasteiger partial charge in [0.05, 0.1) is 14.2 Å². The molecule has 2 nitrogen and oxygen atoms in total. The standard InChI is InChI=1S/C18H22O2/c1-14-6-4-7-15(12-14)8-5-9-16-10-11-17(19-2)18(13-16)20-3/h4,6-7,10-13H,5,8-9H2,1-3H3. The van der Waals surface area contributed by atoms with E-state index in [1.807, 2.05) is 6.07 Å². The van der Waals surface area contributed by atoms with Crippen molar-refractivity contribution < 1.29 is 9.47 Å². The summed E-state index contributed by atoms with van der Waals surface area (Å²) in [6, 6.07) is 14.9. The summed E-state index contributed by atoms with van der Waals surface area (Å²) in [5.41, 5.74) is 4.02. The van der Waals surface area contributed by atoms with Gasteiger partial charge in [0.1, 0.15) is 0 Å². The van der Waals surface area contributed by atoms with Crippen LogP contribution >= 0.6 is 0 Å². The van der Waals surface area contributed by atoms with E-state index in [0.717, 1.165) is 30.8 Å². The van der Waals surface area contributed by atoms with Gasteiger partial charge in [0.15, 0.2) is 11.5 Å². The summed E-state index contributed by atoms with van der Waals surface area (Å²) in [6.45, 7) is 2.14. The van der Waals surface area contributed by atoms with E-state index < -0.39 is 0 Å². The molecule has 0 saturated heterocycles. The van der Waals surface area contributed by atoms with Crippen LogP contribution in [0.15, 0.2) is 42.5 Å². The van der Waals surface area contributed by atoms with E-state index in [1.165, 1.54) is 16.7 Å². The highest BCUT2D eigenvalue weighted by atomic mass is 16.5. The second-order valence-electron chi connectivity index (χ2n) is 5.03. The number of ether oxygens (including phenoxy) is 2. The molecule has 0 saturated carbocycles. The Balaban J connectivity index is 1.94. The van der Waals surface area contributed by atoms with Crippen molar-refractivity contribution in [3.05, 3.63) is 59.2 Å². The van der Waals surface area contributed by atoms with Gasteiger partial charge in [-0.3, -0.25) is 0 Å². The number of aryl methyl sites for hydroxylation is 3. The van der Waals surface area contributed by atoms with Crippen molar-refractivity contribution in [2.24, 2.45) is 0 Å². The van der Waals surface area contributed by atoms with Gasteiger partial charge in [0, 0.05) is 0 Å². The third kappa shape index (κ3) is 3.77. The first kappa shape index (κ1) is 14.4. The zero-order valence-corrected chi connectivity index (χ0v) is 12.5. The second kappa shape index (κ2) is 6.99. The zero-order chi connectivity index (χ0) is 14.4. The minimum Gasteiger partial charge on any atom is -0.493 e. The first-order chi connectivity index (χ1) is 9.72. The molecule has 0 atom stereocenters. The Morgan fingerprint density at radius 2 is 1.50 bits per heavy atom. The summed E-state index contributed by atoms with van der Waals surface area (Å²) < 4.78 is 10.6. The molecule has 0 aliphatic rings. The molecule has 106 valence electrons. The number of rotatable bonds is 6. The van der Waals surface area contributed by atoms with Crippen LogP contribution in [0, 0.1) is 6.92 Å². The molecule has 20 heavy (non-hydrogen) atoms. The molecule has 2 aromatic carbocycles. The molecule has 0 N–H and O–H groups in total. The average Bonchev–Trinajstić information content (AvgIpc) is 2.47. The lowest BCUT2D eigenvalue weighted by Gasteiger charge is -2.09. The van der Waals surface area contributed by atoms with E-state index in [0.29, 0.717) is 0 Å². The lowest BCUT2D eigenvalue weighted by molar-refractivity contribution is 0.354. The van der Waals surface area contributed by atoms with Gasteiger partial charge in [-0.15, -0.1) is 0 Å². The van der Waals surface area contributed by atoms with Crippen molar-refractivity contribution in [3.8, 4) is 11.5 Å². The molecular weight excluding hydrogens is 248 g/mol. The maximum Gasteiger partial charge on any atom is 0.160 e. The van der Waals surface area contributed by atoms with Gasteiger partial charge >= 0.3 is 0 Å². The van der Waals surface area contributed by atoms with Crippen molar-refractivity contribution in [2.75, 3.05) is 14.2 Å². The molecule has 0 aromatic heterocycles. The topological polar surface area (TPSA) is 18.5 Å². The second-order valence-corrected chi connectivity index (χ2v) is 5.03. The summed E-state index contributed by atoms with van der Waals surface area (Å²) in [4.78, 5) is 0. The Kier molecular flexibility index (Phi) is 5.05. The van der Waals surface area contributed by atoms with E-state index in [4.69, 9.17) is 9.47 Å². The van der Waals surface area contributed by atoms with Gasteiger partial charge in [-0.25, -0.2) is 0 Å². The van der Waals surface area contributed by atoms with Crippen LogP contribution in [0.5, 0.6) is 11.5 Å². The minimum atomic E-state index is 0.787. The van der Waals surface area contributed by atoms with Crippen LogP contribution in [0.25, 0.3) is 0 Å². The SMILES string of the molecule is COc1ccc(CCCc2cccc(C)c2)cc1OC. The van der Waals surface area contributed by atoms with Gasteiger partial charge in [0.25, 0.3) is 0 Å². The minimum absolute atomic E-state index is 0.787. The van der Waals surface area contributed by atoms with Crippen molar-refractivity contribution in [1.82, 2.24) is 0 Å². The molecule has 0 heterocycles. The molecule has 0 unspecified atom stereocenters. The van der Waals surface area contributed by atoms with Gasteiger partial charge < -0.3 is 9.47 Å². The first-order valence-electron chi connectivity index (χ1n) is 6.99. The smallest absolute Gasteiger partial charge is 0.160 e. The largest absolute Gasteiger partial charge is 0.493 e. The maximum atomic E-state index is 5.33. The van der Waals surface area contributed by atoms with Crippen LogP contribution in [0.2, 0.25) is 0 Å². The Hall–Kier alpha value is -1.96. The molecule has 0 aliphatic carbocycles. The van der Waals surface area contributed by atoms with Gasteiger partial charge in [0.2, 0.25) is 0 Å². The average molecular weight is 270 g/mol. The molecule has 0 aliphatic heterocycles. The normalized spacial score (nSPS) is 10.3. The number of benzene rings is 2. The van der Waals surface area contributed by atoms with Crippen LogP contribution in [0.4, 0.5) is 0 Å². The third-order valence-corrected chi connectivity index (χ3v) is 3.46. The molecule has 2 heteroatoms. The highest BCUT2D eigenvalue weighted by Crippen LogP contribution is 2.28. The Bertz CT molecular complexity index is 561. The van der Waals surface area contributed by atoms with Crippen molar-refractivity contribution >= 4 is 0 Å². The summed E-state index contributed by atoms with van der Waals surface area (Å²) in [5.74, 6) is 1.59. The Morgan fingerprint density at radius 3 is 2.15 bits per heavy atom. The molecular formula is C18H22O2. The van der Waals surface area contributed by atoms with Gasteiger partial charge in [-0.2, -0.15) is 0 Å². The molecule has 2 aromatic rings.